The molecule has 2 N–H and O–H groups in total. The van der Waals surface area contributed by atoms with Crippen molar-refractivity contribution in [1.82, 2.24) is 0 Å². The van der Waals surface area contributed by atoms with Crippen LogP contribution in [-0.4, -0.2) is 19.3 Å². The van der Waals surface area contributed by atoms with Crippen LogP contribution >= 0.6 is 8.03 Å². The van der Waals surface area contributed by atoms with Gasteiger partial charge in [0.1, 0.15) is 0 Å². The lowest BCUT2D eigenvalue weighted by molar-refractivity contribution is 0.321. The fraction of sp³-hybridized carbons (Fsp3) is 0.800. The first-order valence-corrected chi connectivity index (χ1v) is 4.77. The molecular formula is C5H11N2O2P. The van der Waals surface area contributed by atoms with E-state index in [0.717, 1.165) is 0 Å². The molecule has 0 heterocycles. The molecule has 0 amide bonds. The molecule has 0 radical (unpaired) electrons. The van der Waals surface area contributed by atoms with Gasteiger partial charge in [0.15, 0.2) is 8.03 Å². The van der Waals surface area contributed by atoms with Crippen LogP contribution in [0.4, 0.5) is 0 Å². The second-order valence-corrected chi connectivity index (χ2v) is 3.14. The fourth-order valence-electron chi connectivity index (χ4n) is 0.394. The minimum absolute atomic E-state index is 0.309. The highest BCUT2D eigenvalue weighted by Crippen LogP contribution is 2.14. The van der Waals surface area contributed by atoms with E-state index in [1.165, 1.54) is 6.66 Å². The fourth-order valence-corrected chi connectivity index (χ4v) is 0.799. The predicted octanol–water partition coefficient (Wildman–Crippen LogP) is 0.348. The molecule has 5 heteroatoms. The Labute approximate surface area is 60.8 Å². The van der Waals surface area contributed by atoms with E-state index >= 15 is 0 Å². The van der Waals surface area contributed by atoms with E-state index in [4.69, 9.17) is 15.5 Å². The first-order valence-electron chi connectivity index (χ1n) is 2.95. The largest absolute Gasteiger partial charge is 0.331 e. The normalized spacial score (nSPS) is 15.7. The van der Waals surface area contributed by atoms with Gasteiger partial charge in [-0.2, -0.15) is 5.26 Å². The molecule has 0 aromatic carbocycles. The number of nitrogens with zero attached hydrogens (tertiary/aromatic N) is 1. The standard InChI is InChI=1S/C5H11N2O2P/c1-10(8)9-3-2-5(7)4-6/h5,10H,2-3,7H2,1H3. The Hall–Kier alpha value is -0.360. The molecule has 0 fully saturated rings. The summed E-state index contributed by atoms with van der Waals surface area (Å²) < 4.78 is 15.1. The second-order valence-electron chi connectivity index (χ2n) is 1.86. The van der Waals surface area contributed by atoms with Crippen molar-refractivity contribution in [2.24, 2.45) is 5.73 Å². The third-order valence-corrected chi connectivity index (χ3v) is 1.51. The summed E-state index contributed by atoms with van der Waals surface area (Å²) in [5.41, 5.74) is 5.23. The zero-order valence-corrected chi connectivity index (χ0v) is 6.83. The van der Waals surface area contributed by atoms with Crippen LogP contribution < -0.4 is 5.73 Å². The molecule has 10 heavy (non-hydrogen) atoms. The van der Waals surface area contributed by atoms with Crippen molar-refractivity contribution in [3.8, 4) is 6.07 Å². The summed E-state index contributed by atoms with van der Waals surface area (Å²) in [6.45, 7) is 1.81. The molecule has 0 aromatic heterocycles. The van der Waals surface area contributed by atoms with E-state index in [0.29, 0.717) is 13.0 Å². The van der Waals surface area contributed by atoms with Gasteiger partial charge in [-0.15, -0.1) is 0 Å². The van der Waals surface area contributed by atoms with Gasteiger partial charge in [0, 0.05) is 6.66 Å². The van der Waals surface area contributed by atoms with E-state index in [1.54, 1.807) is 0 Å². The maximum absolute atomic E-state index is 10.4. The van der Waals surface area contributed by atoms with Crippen LogP contribution in [0.1, 0.15) is 6.42 Å². The van der Waals surface area contributed by atoms with E-state index in [2.05, 4.69) is 0 Å². The van der Waals surface area contributed by atoms with Crippen molar-refractivity contribution < 1.29 is 9.09 Å². The summed E-state index contributed by atoms with van der Waals surface area (Å²) in [5, 5.41) is 8.20. The van der Waals surface area contributed by atoms with Gasteiger partial charge in [-0.1, -0.05) is 0 Å². The van der Waals surface area contributed by atoms with Crippen LogP contribution in [0, 0.1) is 11.3 Å². The summed E-state index contributed by atoms with van der Waals surface area (Å²) in [6.07, 6.45) is 0.445. The molecule has 0 saturated carbocycles. The Kier molecular flexibility index (Phi) is 5.23. The van der Waals surface area contributed by atoms with Gasteiger partial charge in [0.25, 0.3) is 0 Å². The van der Waals surface area contributed by atoms with E-state index in [1.807, 2.05) is 6.07 Å². The summed E-state index contributed by atoms with van der Waals surface area (Å²) in [4.78, 5) is 0. The van der Waals surface area contributed by atoms with Crippen LogP contribution in [0.5, 0.6) is 0 Å². The Balaban J connectivity index is 3.22. The zero-order valence-electron chi connectivity index (χ0n) is 5.83. The number of nitriles is 1. The van der Waals surface area contributed by atoms with Crippen molar-refractivity contribution in [3.05, 3.63) is 0 Å². The molecule has 0 aliphatic carbocycles. The van der Waals surface area contributed by atoms with Gasteiger partial charge in [-0.3, -0.25) is 4.57 Å². The zero-order chi connectivity index (χ0) is 7.98. The molecular weight excluding hydrogens is 151 g/mol. The summed E-state index contributed by atoms with van der Waals surface area (Å²) in [7, 11) is -1.85. The van der Waals surface area contributed by atoms with Crippen LogP contribution in [-0.2, 0) is 9.09 Å². The molecule has 4 nitrogen and oxygen atoms in total. The highest BCUT2D eigenvalue weighted by Gasteiger charge is 1.98. The lowest BCUT2D eigenvalue weighted by Crippen LogP contribution is -2.18. The van der Waals surface area contributed by atoms with E-state index in [9.17, 15) is 4.57 Å². The molecule has 0 saturated heterocycles. The minimum atomic E-state index is -1.85. The molecule has 2 atom stereocenters. The van der Waals surface area contributed by atoms with Crippen molar-refractivity contribution in [1.29, 1.82) is 5.26 Å². The smallest absolute Gasteiger partial charge is 0.188 e. The average Bonchev–Trinajstić information content (AvgIpc) is 1.87. The summed E-state index contributed by atoms with van der Waals surface area (Å²) >= 11 is 0. The number of rotatable bonds is 4. The van der Waals surface area contributed by atoms with Gasteiger partial charge < -0.3 is 10.3 Å². The minimum Gasteiger partial charge on any atom is -0.331 e. The molecule has 0 rings (SSSR count). The average molecular weight is 162 g/mol. The van der Waals surface area contributed by atoms with Crippen LogP contribution in [0.15, 0.2) is 0 Å². The monoisotopic (exact) mass is 162 g/mol. The van der Waals surface area contributed by atoms with Crippen molar-refractivity contribution in [3.63, 3.8) is 0 Å². The maximum atomic E-state index is 10.4. The highest BCUT2D eigenvalue weighted by molar-refractivity contribution is 7.38. The van der Waals surface area contributed by atoms with Gasteiger partial charge >= 0.3 is 0 Å². The van der Waals surface area contributed by atoms with Gasteiger partial charge in [0.05, 0.1) is 18.7 Å². The molecule has 0 bridgehead atoms. The third-order valence-electron chi connectivity index (χ3n) is 0.900. The summed E-state index contributed by atoms with van der Waals surface area (Å²) in [5.74, 6) is 0. The Bertz CT molecular complexity index is 154. The molecule has 0 aliphatic rings. The van der Waals surface area contributed by atoms with Crippen LogP contribution in [0.25, 0.3) is 0 Å². The quantitative estimate of drug-likeness (QED) is 0.605. The first kappa shape index (κ1) is 9.64. The molecule has 58 valence electrons. The SMILES string of the molecule is C[PH](=O)OCCC(N)C#N. The Morgan fingerprint density at radius 1 is 1.90 bits per heavy atom. The topological polar surface area (TPSA) is 76.1 Å². The maximum Gasteiger partial charge on any atom is 0.188 e. The molecule has 2 unspecified atom stereocenters. The van der Waals surface area contributed by atoms with Crippen molar-refractivity contribution in [2.45, 2.75) is 12.5 Å². The summed E-state index contributed by atoms with van der Waals surface area (Å²) in [6, 6.07) is 1.35. The lowest BCUT2D eigenvalue weighted by Gasteiger charge is -2.00. The van der Waals surface area contributed by atoms with Gasteiger partial charge in [-0.25, -0.2) is 0 Å². The third kappa shape index (κ3) is 5.77. The highest BCUT2D eigenvalue weighted by atomic mass is 31.1. The van der Waals surface area contributed by atoms with E-state index in [-0.39, 0.29) is 0 Å². The predicted molar refractivity (Wildman–Crippen MR) is 39.1 cm³/mol. The second kappa shape index (κ2) is 5.43. The van der Waals surface area contributed by atoms with Gasteiger partial charge in [0.2, 0.25) is 0 Å². The Morgan fingerprint density at radius 2 is 2.50 bits per heavy atom. The number of hydrogen-bond donors (Lipinski definition) is 1. The first-order chi connectivity index (χ1) is 4.66. The number of hydrogen-bond acceptors (Lipinski definition) is 4. The molecule has 0 spiro atoms. The Morgan fingerprint density at radius 3 is 2.90 bits per heavy atom. The van der Waals surface area contributed by atoms with Gasteiger partial charge in [-0.05, 0) is 6.42 Å². The van der Waals surface area contributed by atoms with Crippen LogP contribution in [0.2, 0.25) is 0 Å². The molecule has 0 aromatic rings. The van der Waals surface area contributed by atoms with E-state index < -0.39 is 14.1 Å². The van der Waals surface area contributed by atoms with Crippen molar-refractivity contribution in [2.75, 3.05) is 13.3 Å². The van der Waals surface area contributed by atoms with Crippen LogP contribution in [0.3, 0.4) is 0 Å². The number of nitrogens with two attached hydrogens (primary N) is 1. The molecule has 0 aliphatic heterocycles. The van der Waals surface area contributed by atoms with Crippen molar-refractivity contribution >= 4 is 8.03 Å². The lowest BCUT2D eigenvalue weighted by atomic mass is 10.3.